The summed E-state index contributed by atoms with van der Waals surface area (Å²) >= 11 is 0. The Morgan fingerprint density at radius 2 is 1.38 bits per heavy atom. The van der Waals surface area contributed by atoms with E-state index in [0.29, 0.717) is 34.7 Å². The van der Waals surface area contributed by atoms with Crippen molar-refractivity contribution in [1.29, 1.82) is 0 Å². The fourth-order valence-corrected chi connectivity index (χ4v) is 5.91. The second kappa shape index (κ2) is 12.2. The molecule has 0 saturated heterocycles. The zero-order chi connectivity index (χ0) is 28.0. The summed E-state index contributed by atoms with van der Waals surface area (Å²) in [5.41, 5.74) is 10.4. The average Bonchev–Trinajstić information content (AvgIpc) is 3.43. The van der Waals surface area contributed by atoms with E-state index in [-0.39, 0.29) is 24.1 Å². The number of rotatable bonds is 11. The number of aromatic nitrogens is 1. The van der Waals surface area contributed by atoms with Crippen LogP contribution in [0.5, 0.6) is 0 Å². The summed E-state index contributed by atoms with van der Waals surface area (Å²) < 4.78 is 46.9. The van der Waals surface area contributed by atoms with Crippen LogP contribution in [0, 0.1) is 0 Å². The van der Waals surface area contributed by atoms with Gasteiger partial charge in [-0.2, -0.15) is 0 Å². The third-order valence-corrected chi connectivity index (χ3v) is 8.12. The van der Waals surface area contributed by atoms with E-state index < -0.39 is 10.0 Å². The predicted octanol–water partition coefficient (Wildman–Crippen LogP) is 6.07. The molecule has 0 amide bonds. The number of nitrogens with zero attached hydrogens (tertiary/aromatic N) is 2. The predicted molar refractivity (Wildman–Crippen MR) is 156 cm³/mol. The molecule has 0 bridgehead atoms. The highest BCUT2D eigenvalue weighted by molar-refractivity contribution is 7.93. The first-order chi connectivity index (χ1) is 19.5. The second-order valence-corrected chi connectivity index (χ2v) is 10.7. The number of methoxy groups -OCH3 is 1. The first-order valence-corrected chi connectivity index (χ1v) is 14.1. The molecule has 5 aromatic rings. The summed E-state index contributed by atoms with van der Waals surface area (Å²) in [6.07, 6.45) is 0. The Kier molecular flexibility index (Phi) is 8.26. The first kappa shape index (κ1) is 27.1. The number of nitrogens with two attached hydrogens (primary N) is 1. The van der Waals surface area contributed by atoms with Crippen LogP contribution >= 0.6 is 0 Å². The van der Waals surface area contributed by atoms with Crippen LogP contribution in [0.25, 0.3) is 33.5 Å². The van der Waals surface area contributed by atoms with E-state index in [1.165, 1.54) is 0 Å². The minimum atomic E-state index is -4.26. The Labute approximate surface area is 233 Å². The minimum absolute atomic E-state index is 0.0401. The standard InChI is InChI=1S/C31H29N3O5S/c1-37-20-21-38-22-34(40(35,36)28-19-11-9-17-26(28)25-16-8-10-18-27(25)32)31-29(23-12-4-2-5-13-23)30(33-39-31)24-14-6-3-7-15-24/h2-19H,20-22,32H2,1H3. The molecular weight excluding hydrogens is 526 g/mol. The van der Waals surface area contributed by atoms with Crippen LogP contribution in [-0.2, 0) is 19.5 Å². The lowest BCUT2D eigenvalue weighted by molar-refractivity contribution is 0.0745. The molecule has 1 heterocycles. The minimum Gasteiger partial charge on any atom is -0.398 e. The zero-order valence-electron chi connectivity index (χ0n) is 21.9. The lowest BCUT2D eigenvalue weighted by Gasteiger charge is -2.24. The van der Waals surface area contributed by atoms with E-state index >= 15 is 0 Å². The van der Waals surface area contributed by atoms with Gasteiger partial charge in [-0.05, 0) is 17.7 Å². The van der Waals surface area contributed by atoms with E-state index in [4.69, 9.17) is 19.7 Å². The van der Waals surface area contributed by atoms with Gasteiger partial charge in [-0.1, -0.05) is 102 Å². The van der Waals surface area contributed by atoms with Gasteiger partial charge in [0, 0.05) is 29.5 Å². The van der Waals surface area contributed by atoms with Crippen molar-refractivity contribution < 1.29 is 22.4 Å². The molecule has 2 N–H and O–H groups in total. The van der Waals surface area contributed by atoms with Gasteiger partial charge < -0.3 is 19.7 Å². The van der Waals surface area contributed by atoms with Crippen molar-refractivity contribution in [3.05, 3.63) is 109 Å². The van der Waals surface area contributed by atoms with E-state index in [1.54, 1.807) is 49.6 Å². The van der Waals surface area contributed by atoms with Crippen molar-refractivity contribution >= 4 is 21.6 Å². The first-order valence-electron chi connectivity index (χ1n) is 12.7. The molecule has 5 rings (SSSR count). The van der Waals surface area contributed by atoms with E-state index in [0.717, 1.165) is 15.4 Å². The smallest absolute Gasteiger partial charge is 0.269 e. The molecule has 0 aliphatic rings. The number of benzene rings is 4. The maximum Gasteiger partial charge on any atom is 0.269 e. The molecule has 0 fully saturated rings. The second-order valence-electron chi connectivity index (χ2n) is 8.91. The monoisotopic (exact) mass is 555 g/mol. The average molecular weight is 556 g/mol. The molecule has 0 radical (unpaired) electrons. The Bertz CT molecular complexity index is 1670. The fraction of sp³-hybridized carbons (Fsp3) is 0.129. The highest BCUT2D eigenvalue weighted by Gasteiger charge is 2.34. The van der Waals surface area contributed by atoms with E-state index in [9.17, 15) is 8.42 Å². The van der Waals surface area contributed by atoms with Gasteiger partial charge in [-0.15, -0.1) is 0 Å². The molecule has 0 saturated carbocycles. The molecule has 0 atom stereocenters. The van der Waals surface area contributed by atoms with E-state index in [1.807, 2.05) is 66.7 Å². The summed E-state index contributed by atoms with van der Waals surface area (Å²) in [6.45, 7) is 0.145. The molecular formula is C31H29N3O5S. The van der Waals surface area contributed by atoms with Crippen molar-refractivity contribution in [2.75, 3.05) is 37.1 Å². The molecule has 8 nitrogen and oxygen atoms in total. The fourth-order valence-electron chi connectivity index (χ4n) is 4.41. The number of para-hydroxylation sites is 1. The largest absolute Gasteiger partial charge is 0.398 e. The van der Waals surface area contributed by atoms with Crippen molar-refractivity contribution in [3.63, 3.8) is 0 Å². The van der Waals surface area contributed by atoms with Crippen molar-refractivity contribution in [2.45, 2.75) is 4.90 Å². The van der Waals surface area contributed by atoms with Crippen molar-refractivity contribution in [3.8, 4) is 33.5 Å². The van der Waals surface area contributed by atoms with Crippen LogP contribution in [0.2, 0.25) is 0 Å². The molecule has 40 heavy (non-hydrogen) atoms. The molecule has 0 aliphatic carbocycles. The van der Waals surface area contributed by atoms with Gasteiger partial charge in [0.05, 0.1) is 23.7 Å². The van der Waals surface area contributed by atoms with Crippen molar-refractivity contribution in [1.82, 2.24) is 5.16 Å². The van der Waals surface area contributed by atoms with Gasteiger partial charge in [0.25, 0.3) is 15.9 Å². The van der Waals surface area contributed by atoms with Crippen LogP contribution in [0.15, 0.2) is 119 Å². The Morgan fingerprint density at radius 1 is 0.775 bits per heavy atom. The molecule has 0 spiro atoms. The summed E-state index contributed by atoms with van der Waals surface area (Å²) in [6, 6.07) is 32.8. The SMILES string of the molecule is COCCOCN(c1onc(-c2ccccc2)c1-c1ccccc1)S(=O)(=O)c1ccccc1-c1ccccc1N. The highest BCUT2D eigenvalue weighted by atomic mass is 32.2. The number of hydrogen-bond acceptors (Lipinski definition) is 7. The van der Waals surface area contributed by atoms with Crippen LogP contribution in [0.3, 0.4) is 0 Å². The third-order valence-electron chi connectivity index (χ3n) is 6.36. The summed E-state index contributed by atoms with van der Waals surface area (Å²) in [5.74, 6) is 0.0401. The number of sulfonamides is 1. The number of hydrogen-bond donors (Lipinski definition) is 1. The maximum absolute atomic E-state index is 14.5. The van der Waals surface area contributed by atoms with E-state index in [2.05, 4.69) is 5.16 Å². The molecule has 1 aromatic heterocycles. The van der Waals surface area contributed by atoms with Crippen LogP contribution in [0.1, 0.15) is 0 Å². The number of ether oxygens (including phenoxy) is 2. The van der Waals surface area contributed by atoms with Gasteiger partial charge in [0.15, 0.2) is 0 Å². The third kappa shape index (κ3) is 5.48. The lowest BCUT2D eigenvalue weighted by Crippen LogP contribution is -2.34. The molecule has 0 unspecified atom stereocenters. The molecule has 204 valence electrons. The Hall–Kier alpha value is -4.44. The Morgan fingerprint density at radius 3 is 2.05 bits per heavy atom. The maximum atomic E-state index is 14.5. The quantitative estimate of drug-likeness (QED) is 0.120. The molecule has 4 aromatic carbocycles. The number of anilines is 2. The Balaban J connectivity index is 1.70. The van der Waals surface area contributed by atoms with Crippen molar-refractivity contribution in [2.24, 2.45) is 0 Å². The molecule has 0 aliphatic heterocycles. The van der Waals surface area contributed by atoms with Crippen LogP contribution in [-0.4, -0.2) is 40.6 Å². The summed E-state index contributed by atoms with van der Waals surface area (Å²) in [4.78, 5) is 0.0555. The lowest BCUT2D eigenvalue weighted by atomic mass is 10.0. The van der Waals surface area contributed by atoms with Gasteiger partial charge in [-0.3, -0.25) is 0 Å². The van der Waals surface area contributed by atoms with Crippen LogP contribution in [0.4, 0.5) is 11.6 Å². The highest BCUT2D eigenvalue weighted by Crippen LogP contribution is 2.42. The topological polar surface area (TPSA) is 108 Å². The van der Waals surface area contributed by atoms with Crippen LogP contribution < -0.4 is 10.0 Å². The summed E-state index contributed by atoms with van der Waals surface area (Å²) in [5, 5.41) is 4.35. The van der Waals surface area contributed by atoms with Gasteiger partial charge in [0.2, 0.25) is 0 Å². The number of nitrogen functional groups attached to an aromatic ring is 1. The van der Waals surface area contributed by atoms with Gasteiger partial charge >= 0.3 is 0 Å². The van der Waals surface area contributed by atoms with Gasteiger partial charge in [0.1, 0.15) is 12.4 Å². The van der Waals surface area contributed by atoms with Gasteiger partial charge in [-0.25, -0.2) is 12.7 Å². The summed E-state index contributed by atoms with van der Waals surface area (Å²) in [7, 11) is -2.71. The molecule has 9 heteroatoms. The zero-order valence-corrected chi connectivity index (χ0v) is 22.8. The normalized spacial score (nSPS) is 11.4.